The number of carbonyl (C=O) groups excluding carboxylic acids is 1. The van der Waals surface area contributed by atoms with Crippen molar-refractivity contribution in [3.63, 3.8) is 0 Å². The standard InChI is InChI=1S/C12H23NO2/c1-3-13(4-2)8-7-12(14)11-6-5-9-15-10-11/h11H,3-10H2,1-2H3. The van der Waals surface area contributed by atoms with Gasteiger partial charge in [0.05, 0.1) is 6.61 Å². The van der Waals surface area contributed by atoms with Crippen molar-refractivity contribution in [1.82, 2.24) is 4.90 Å². The lowest BCUT2D eigenvalue weighted by Gasteiger charge is -2.23. The van der Waals surface area contributed by atoms with Crippen molar-refractivity contribution in [3.8, 4) is 0 Å². The lowest BCUT2D eigenvalue weighted by molar-refractivity contribution is -0.127. The number of rotatable bonds is 6. The average Bonchev–Trinajstić information content (AvgIpc) is 2.31. The van der Waals surface area contributed by atoms with E-state index in [9.17, 15) is 4.79 Å². The Labute approximate surface area is 92.8 Å². The molecule has 0 N–H and O–H groups in total. The first kappa shape index (κ1) is 12.7. The van der Waals surface area contributed by atoms with Gasteiger partial charge in [0.1, 0.15) is 5.78 Å². The predicted molar refractivity (Wildman–Crippen MR) is 61.0 cm³/mol. The lowest BCUT2D eigenvalue weighted by Crippen LogP contribution is -2.30. The maximum Gasteiger partial charge on any atom is 0.139 e. The molecule has 0 spiro atoms. The molecule has 1 aliphatic heterocycles. The highest BCUT2D eigenvalue weighted by Crippen LogP contribution is 2.16. The first-order valence-corrected chi connectivity index (χ1v) is 6.10. The quantitative estimate of drug-likeness (QED) is 0.673. The minimum atomic E-state index is 0.175. The molecule has 0 bridgehead atoms. The molecule has 0 aromatic heterocycles. The van der Waals surface area contributed by atoms with Crippen LogP contribution < -0.4 is 0 Å². The van der Waals surface area contributed by atoms with Crippen LogP contribution in [0.4, 0.5) is 0 Å². The van der Waals surface area contributed by atoms with Crippen LogP contribution in [0.1, 0.15) is 33.1 Å². The van der Waals surface area contributed by atoms with Crippen molar-refractivity contribution in [2.75, 3.05) is 32.8 Å². The van der Waals surface area contributed by atoms with Crippen molar-refractivity contribution in [1.29, 1.82) is 0 Å². The van der Waals surface area contributed by atoms with Gasteiger partial charge in [-0.05, 0) is 25.9 Å². The predicted octanol–water partition coefficient (Wildman–Crippen LogP) is 1.71. The SMILES string of the molecule is CCN(CC)CCC(=O)C1CCCOC1. The van der Waals surface area contributed by atoms with Crippen LogP contribution >= 0.6 is 0 Å². The second-order valence-electron chi connectivity index (χ2n) is 4.16. The highest BCUT2D eigenvalue weighted by Gasteiger charge is 2.21. The van der Waals surface area contributed by atoms with Gasteiger partial charge in [-0.1, -0.05) is 13.8 Å². The molecule has 15 heavy (non-hydrogen) atoms. The summed E-state index contributed by atoms with van der Waals surface area (Å²) in [5, 5.41) is 0. The summed E-state index contributed by atoms with van der Waals surface area (Å²) in [5.41, 5.74) is 0. The first-order valence-electron chi connectivity index (χ1n) is 6.10. The van der Waals surface area contributed by atoms with E-state index >= 15 is 0 Å². The summed E-state index contributed by atoms with van der Waals surface area (Å²) in [5.74, 6) is 0.566. The maximum atomic E-state index is 11.8. The van der Waals surface area contributed by atoms with Crippen LogP contribution in [0.5, 0.6) is 0 Å². The van der Waals surface area contributed by atoms with Gasteiger partial charge in [-0.2, -0.15) is 0 Å². The molecule has 3 heteroatoms. The Bertz CT molecular complexity index is 184. The summed E-state index contributed by atoms with van der Waals surface area (Å²) in [6, 6.07) is 0. The second-order valence-corrected chi connectivity index (χ2v) is 4.16. The Morgan fingerprint density at radius 3 is 2.67 bits per heavy atom. The summed E-state index contributed by atoms with van der Waals surface area (Å²) in [6.45, 7) is 8.73. The van der Waals surface area contributed by atoms with Gasteiger partial charge >= 0.3 is 0 Å². The van der Waals surface area contributed by atoms with Crippen LogP contribution in [0, 0.1) is 5.92 Å². The van der Waals surface area contributed by atoms with Crippen molar-refractivity contribution in [3.05, 3.63) is 0 Å². The zero-order valence-electron chi connectivity index (χ0n) is 10.00. The molecule has 1 atom stereocenters. The third-order valence-corrected chi connectivity index (χ3v) is 3.18. The summed E-state index contributed by atoms with van der Waals surface area (Å²) >= 11 is 0. The van der Waals surface area contributed by atoms with Gasteiger partial charge in [0.2, 0.25) is 0 Å². The first-order chi connectivity index (χ1) is 7.27. The molecular weight excluding hydrogens is 190 g/mol. The molecule has 3 nitrogen and oxygen atoms in total. The van der Waals surface area contributed by atoms with E-state index < -0.39 is 0 Å². The number of carbonyl (C=O) groups is 1. The number of hydrogen-bond donors (Lipinski definition) is 0. The third kappa shape index (κ3) is 4.31. The molecule has 0 saturated carbocycles. The molecule has 1 saturated heterocycles. The van der Waals surface area contributed by atoms with Crippen molar-refractivity contribution < 1.29 is 9.53 Å². The molecule has 88 valence electrons. The van der Waals surface area contributed by atoms with Crippen LogP contribution in [0.25, 0.3) is 0 Å². The summed E-state index contributed by atoms with van der Waals surface area (Å²) in [6.07, 6.45) is 2.76. The van der Waals surface area contributed by atoms with E-state index in [1.165, 1.54) is 0 Å². The maximum absolute atomic E-state index is 11.8. The van der Waals surface area contributed by atoms with Crippen LogP contribution in [-0.2, 0) is 9.53 Å². The molecule has 1 rings (SSSR count). The molecule has 1 fully saturated rings. The van der Waals surface area contributed by atoms with Gasteiger partial charge in [-0.3, -0.25) is 4.79 Å². The van der Waals surface area contributed by atoms with Gasteiger partial charge in [-0.15, -0.1) is 0 Å². The molecule has 0 radical (unpaired) electrons. The fourth-order valence-electron chi connectivity index (χ4n) is 2.01. The van der Waals surface area contributed by atoms with Crippen molar-refractivity contribution in [2.45, 2.75) is 33.1 Å². The monoisotopic (exact) mass is 213 g/mol. The summed E-state index contributed by atoms with van der Waals surface area (Å²) in [4.78, 5) is 14.1. The molecular formula is C12H23NO2. The van der Waals surface area contributed by atoms with Crippen LogP contribution in [0.15, 0.2) is 0 Å². The second kappa shape index (κ2) is 6.96. The molecule has 0 aromatic carbocycles. The van der Waals surface area contributed by atoms with Crippen molar-refractivity contribution >= 4 is 5.78 Å². The van der Waals surface area contributed by atoms with Crippen LogP contribution in [0.3, 0.4) is 0 Å². The Morgan fingerprint density at radius 2 is 2.13 bits per heavy atom. The number of hydrogen-bond acceptors (Lipinski definition) is 3. The largest absolute Gasteiger partial charge is 0.381 e. The molecule has 0 aliphatic carbocycles. The van der Waals surface area contributed by atoms with Gasteiger partial charge in [0.15, 0.2) is 0 Å². The fraction of sp³-hybridized carbons (Fsp3) is 0.917. The number of nitrogens with zero attached hydrogens (tertiary/aromatic N) is 1. The topological polar surface area (TPSA) is 29.5 Å². The molecule has 0 amide bonds. The van der Waals surface area contributed by atoms with E-state index in [1.54, 1.807) is 0 Å². The average molecular weight is 213 g/mol. The number of Topliss-reactive ketones (excluding diaryl/α,β-unsaturated/α-hetero) is 1. The molecule has 1 heterocycles. The fourth-order valence-corrected chi connectivity index (χ4v) is 2.01. The third-order valence-electron chi connectivity index (χ3n) is 3.18. The zero-order valence-corrected chi connectivity index (χ0v) is 10.00. The molecule has 1 aliphatic rings. The van der Waals surface area contributed by atoms with Gasteiger partial charge in [0.25, 0.3) is 0 Å². The number of ether oxygens (including phenoxy) is 1. The normalized spacial score (nSPS) is 21.9. The smallest absolute Gasteiger partial charge is 0.139 e. The lowest BCUT2D eigenvalue weighted by atomic mass is 9.95. The Balaban J connectivity index is 2.22. The van der Waals surface area contributed by atoms with Gasteiger partial charge in [-0.25, -0.2) is 0 Å². The minimum absolute atomic E-state index is 0.175. The Hall–Kier alpha value is -0.410. The molecule has 1 unspecified atom stereocenters. The van der Waals surface area contributed by atoms with Gasteiger partial charge in [0, 0.05) is 25.5 Å². The van der Waals surface area contributed by atoms with E-state index in [0.717, 1.165) is 39.1 Å². The summed E-state index contributed by atoms with van der Waals surface area (Å²) in [7, 11) is 0. The highest BCUT2D eigenvalue weighted by atomic mass is 16.5. The van der Waals surface area contributed by atoms with Crippen LogP contribution in [-0.4, -0.2) is 43.5 Å². The van der Waals surface area contributed by atoms with E-state index in [-0.39, 0.29) is 5.92 Å². The van der Waals surface area contributed by atoms with Crippen LogP contribution in [0.2, 0.25) is 0 Å². The van der Waals surface area contributed by atoms with E-state index in [4.69, 9.17) is 4.74 Å². The van der Waals surface area contributed by atoms with E-state index in [2.05, 4.69) is 18.7 Å². The molecule has 0 aromatic rings. The Kier molecular flexibility index (Phi) is 5.88. The number of ketones is 1. The zero-order chi connectivity index (χ0) is 11.1. The Morgan fingerprint density at radius 1 is 1.40 bits per heavy atom. The minimum Gasteiger partial charge on any atom is -0.381 e. The van der Waals surface area contributed by atoms with Crippen molar-refractivity contribution in [2.24, 2.45) is 5.92 Å². The van der Waals surface area contributed by atoms with E-state index in [1.807, 2.05) is 0 Å². The summed E-state index contributed by atoms with van der Waals surface area (Å²) < 4.78 is 5.33. The van der Waals surface area contributed by atoms with E-state index in [0.29, 0.717) is 18.8 Å². The highest BCUT2D eigenvalue weighted by molar-refractivity contribution is 5.81. The van der Waals surface area contributed by atoms with Gasteiger partial charge < -0.3 is 9.64 Å².